The molecule has 0 amide bonds. The van der Waals surface area contributed by atoms with E-state index < -0.39 is 0 Å². The number of hydrogen-bond donors (Lipinski definition) is 1. The van der Waals surface area contributed by atoms with E-state index in [4.69, 9.17) is 4.74 Å². The summed E-state index contributed by atoms with van der Waals surface area (Å²) in [5.41, 5.74) is 0.683. The van der Waals surface area contributed by atoms with Crippen LogP contribution in [-0.2, 0) is 0 Å². The predicted molar refractivity (Wildman–Crippen MR) is 71.2 cm³/mol. The fourth-order valence-electron chi connectivity index (χ4n) is 1.53. The minimum atomic E-state index is -0.176. The van der Waals surface area contributed by atoms with Gasteiger partial charge < -0.3 is 9.72 Å². The van der Waals surface area contributed by atoms with Gasteiger partial charge in [-0.15, -0.1) is 0 Å². The number of ether oxygens (including phenoxy) is 1. The first kappa shape index (κ1) is 12.7. The van der Waals surface area contributed by atoms with Crippen molar-refractivity contribution in [3.05, 3.63) is 42.2 Å². The van der Waals surface area contributed by atoms with Crippen LogP contribution in [0.25, 0.3) is 0 Å². The Morgan fingerprint density at radius 1 is 1.39 bits per heavy atom. The molecule has 94 valence electrons. The number of nitrogens with zero attached hydrogens (tertiary/aromatic N) is 1. The summed E-state index contributed by atoms with van der Waals surface area (Å²) in [6.07, 6.45) is 3.42. The van der Waals surface area contributed by atoms with Gasteiger partial charge in [0, 0.05) is 18.0 Å². The molecule has 18 heavy (non-hydrogen) atoms. The number of aromatic amines is 1. The SMILES string of the molecule is COc1ccc(C(=O)C(C)Sc2ncc[nH]2)cc1. The molecule has 0 spiro atoms. The molecule has 0 saturated heterocycles. The molecular weight excluding hydrogens is 248 g/mol. The second-order valence-corrected chi connectivity index (χ2v) is 5.08. The van der Waals surface area contributed by atoms with Crippen molar-refractivity contribution in [2.45, 2.75) is 17.3 Å². The predicted octanol–water partition coefficient (Wildman–Crippen LogP) is 2.78. The Labute approximate surface area is 110 Å². The molecule has 0 aliphatic carbocycles. The van der Waals surface area contributed by atoms with Gasteiger partial charge in [0.1, 0.15) is 5.75 Å². The summed E-state index contributed by atoms with van der Waals surface area (Å²) in [5.74, 6) is 0.831. The first-order chi connectivity index (χ1) is 8.70. The number of Topliss-reactive ketones (excluding diaryl/α,β-unsaturated/α-hetero) is 1. The topological polar surface area (TPSA) is 55.0 Å². The van der Waals surface area contributed by atoms with Crippen LogP contribution in [0.1, 0.15) is 17.3 Å². The maximum Gasteiger partial charge on any atom is 0.175 e. The van der Waals surface area contributed by atoms with Crippen LogP contribution < -0.4 is 4.74 Å². The monoisotopic (exact) mass is 262 g/mol. The number of carbonyl (C=O) groups is 1. The van der Waals surface area contributed by atoms with Crippen molar-refractivity contribution >= 4 is 17.5 Å². The van der Waals surface area contributed by atoms with Crippen molar-refractivity contribution in [3.63, 3.8) is 0 Å². The third kappa shape index (κ3) is 2.92. The Balaban J connectivity index is 2.05. The quantitative estimate of drug-likeness (QED) is 0.665. The molecule has 1 aromatic carbocycles. The minimum absolute atomic E-state index is 0.0825. The molecule has 1 aromatic heterocycles. The van der Waals surface area contributed by atoms with E-state index in [2.05, 4.69) is 9.97 Å². The number of ketones is 1. The van der Waals surface area contributed by atoms with Gasteiger partial charge in [0.05, 0.1) is 12.4 Å². The van der Waals surface area contributed by atoms with Crippen molar-refractivity contribution in [2.24, 2.45) is 0 Å². The van der Waals surface area contributed by atoms with Gasteiger partial charge >= 0.3 is 0 Å². The highest BCUT2D eigenvalue weighted by Crippen LogP contribution is 2.23. The van der Waals surface area contributed by atoms with Gasteiger partial charge in [-0.25, -0.2) is 4.98 Å². The molecule has 1 unspecified atom stereocenters. The molecule has 0 radical (unpaired) electrons. The molecule has 1 heterocycles. The van der Waals surface area contributed by atoms with Crippen molar-refractivity contribution in [3.8, 4) is 5.75 Å². The molecular formula is C13H14N2O2S. The lowest BCUT2D eigenvalue weighted by molar-refractivity contribution is 0.0994. The van der Waals surface area contributed by atoms with Crippen LogP contribution in [0.5, 0.6) is 5.75 Å². The highest BCUT2D eigenvalue weighted by atomic mass is 32.2. The molecule has 0 saturated carbocycles. The maximum absolute atomic E-state index is 12.2. The molecule has 2 aromatic rings. The van der Waals surface area contributed by atoms with E-state index in [1.54, 1.807) is 43.8 Å². The lowest BCUT2D eigenvalue weighted by atomic mass is 10.1. The third-order valence-electron chi connectivity index (χ3n) is 2.51. The van der Waals surface area contributed by atoms with Crippen LogP contribution in [0, 0.1) is 0 Å². The van der Waals surface area contributed by atoms with Gasteiger partial charge in [-0.3, -0.25) is 4.79 Å². The summed E-state index contributed by atoms with van der Waals surface area (Å²) in [4.78, 5) is 19.2. The number of aromatic nitrogens is 2. The summed E-state index contributed by atoms with van der Waals surface area (Å²) in [5, 5.41) is 0.578. The number of thioether (sulfide) groups is 1. The summed E-state index contributed by atoms with van der Waals surface area (Å²) in [6, 6.07) is 7.13. The Morgan fingerprint density at radius 2 is 2.11 bits per heavy atom. The van der Waals surface area contributed by atoms with Gasteiger partial charge in [0.15, 0.2) is 10.9 Å². The third-order valence-corrected chi connectivity index (χ3v) is 3.52. The standard InChI is InChI=1S/C13H14N2O2S/c1-9(18-13-14-7-8-15-13)12(16)10-3-5-11(17-2)6-4-10/h3-9H,1-2H3,(H,14,15). The average Bonchev–Trinajstić information content (AvgIpc) is 2.91. The normalized spacial score (nSPS) is 12.1. The molecule has 5 heteroatoms. The van der Waals surface area contributed by atoms with Crippen LogP contribution in [0.3, 0.4) is 0 Å². The Hall–Kier alpha value is -1.75. The molecule has 4 nitrogen and oxygen atoms in total. The summed E-state index contributed by atoms with van der Waals surface area (Å²) in [7, 11) is 1.60. The van der Waals surface area contributed by atoms with Crippen LogP contribution in [0.2, 0.25) is 0 Å². The lowest BCUT2D eigenvalue weighted by Crippen LogP contribution is -2.13. The fraction of sp³-hybridized carbons (Fsp3) is 0.231. The number of nitrogens with one attached hydrogen (secondary N) is 1. The van der Waals surface area contributed by atoms with Gasteiger partial charge in [0.25, 0.3) is 0 Å². The highest BCUT2D eigenvalue weighted by molar-refractivity contribution is 8.00. The van der Waals surface area contributed by atoms with E-state index >= 15 is 0 Å². The van der Waals surface area contributed by atoms with Crippen molar-refractivity contribution in [1.29, 1.82) is 0 Å². The lowest BCUT2D eigenvalue weighted by Gasteiger charge is -2.08. The van der Waals surface area contributed by atoms with Gasteiger partial charge in [0.2, 0.25) is 0 Å². The van der Waals surface area contributed by atoms with E-state index in [0.717, 1.165) is 10.9 Å². The van der Waals surface area contributed by atoms with E-state index in [0.29, 0.717) is 5.56 Å². The second kappa shape index (κ2) is 5.73. The Kier molecular flexibility index (Phi) is 4.04. The van der Waals surface area contributed by atoms with Crippen molar-refractivity contribution in [1.82, 2.24) is 9.97 Å². The minimum Gasteiger partial charge on any atom is -0.497 e. The van der Waals surface area contributed by atoms with Gasteiger partial charge in [-0.1, -0.05) is 11.8 Å². The van der Waals surface area contributed by atoms with E-state index in [1.807, 2.05) is 6.92 Å². The van der Waals surface area contributed by atoms with Crippen LogP contribution in [0.15, 0.2) is 41.8 Å². The molecule has 1 N–H and O–H groups in total. The van der Waals surface area contributed by atoms with Crippen LogP contribution >= 0.6 is 11.8 Å². The maximum atomic E-state index is 12.2. The van der Waals surface area contributed by atoms with E-state index in [1.165, 1.54) is 11.8 Å². The summed E-state index contributed by atoms with van der Waals surface area (Å²) >= 11 is 1.42. The number of rotatable bonds is 5. The molecule has 0 aliphatic heterocycles. The van der Waals surface area contributed by atoms with Crippen LogP contribution in [-0.4, -0.2) is 28.1 Å². The fourth-order valence-corrected chi connectivity index (χ4v) is 2.36. The van der Waals surface area contributed by atoms with Gasteiger partial charge in [-0.2, -0.15) is 0 Å². The number of hydrogen-bond acceptors (Lipinski definition) is 4. The molecule has 1 atom stereocenters. The Morgan fingerprint density at radius 3 is 2.67 bits per heavy atom. The Bertz CT molecular complexity index is 508. The van der Waals surface area contributed by atoms with E-state index in [9.17, 15) is 4.79 Å². The zero-order chi connectivity index (χ0) is 13.0. The smallest absolute Gasteiger partial charge is 0.175 e. The number of benzene rings is 1. The second-order valence-electron chi connectivity index (χ2n) is 3.75. The number of H-pyrrole nitrogens is 1. The van der Waals surface area contributed by atoms with Crippen molar-refractivity contribution in [2.75, 3.05) is 7.11 Å². The summed E-state index contributed by atoms with van der Waals surface area (Å²) < 4.78 is 5.06. The molecule has 0 bridgehead atoms. The number of carbonyl (C=O) groups excluding carboxylic acids is 1. The van der Waals surface area contributed by atoms with Crippen LogP contribution in [0.4, 0.5) is 0 Å². The first-order valence-electron chi connectivity index (χ1n) is 5.55. The molecule has 2 rings (SSSR count). The zero-order valence-corrected chi connectivity index (χ0v) is 11.0. The molecule has 0 fully saturated rings. The summed E-state index contributed by atoms with van der Waals surface area (Å²) in [6.45, 7) is 1.87. The highest BCUT2D eigenvalue weighted by Gasteiger charge is 2.17. The largest absolute Gasteiger partial charge is 0.497 e. The number of imidazole rings is 1. The molecule has 0 aliphatic rings. The van der Waals surface area contributed by atoms with E-state index in [-0.39, 0.29) is 11.0 Å². The zero-order valence-electron chi connectivity index (χ0n) is 10.2. The first-order valence-corrected chi connectivity index (χ1v) is 6.43. The van der Waals surface area contributed by atoms with Crippen molar-refractivity contribution < 1.29 is 9.53 Å². The average molecular weight is 262 g/mol. The number of methoxy groups -OCH3 is 1. The van der Waals surface area contributed by atoms with Gasteiger partial charge in [-0.05, 0) is 31.2 Å².